The van der Waals surface area contributed by atoms with Gasteiger partial charge in [0.25, 0.3) is 5.91 Å². The molecule has 1 aromatic heterocycles. The van der Waals surface area contributed by atoms with Gasteiger partial charge in [-0.2, -0.15) is 0 Å². The molecule has 1 fully saturated rings. The number of para-hydroxylation sites is 1. The fraction of sp³-hybridized carbons (Fsp3) is 0.176. The van der Waals surface area contributed by atoms with Crippen LogP contribution in [0.3, 0.4) is 0 Å². The fourth-order valence-corrected chi connectivity index (χ4v) is 2.63. The molecule has 110 valence electrons. The smallest absolute Gasteiger partial charge is 0.328 e. The molecule has 3 amide bonds. The van der Waals surface area contributed by atoms with Gasteiger partial charge in [-0.25, -0.2) is 4.79 Å². The van der Waals surface area contributed by atoms with Crippen molar-refractivity contribution in [2.45, 2.75) is 13.5 Å². The lowest BCUT2D eigenvalue weighted by atomic mass is 10.1. The monoisotopic (exact) mass is 293 g/mol. The summed E-state index contributed by atoms with van der Waals surface area (Å²) in [7, 11) is 0. The van der Waals surface area contributed by atoms with Crippen LogP contribution in [0, 0.1) is 12.3 Å². The number of rotatable bonds is 3. The maximum Gasteiger partial charge on any atom is 0.328 e. The Bertz CT molecular complexity index is 839. The number of urea groups is 1. The highest BCUT2D eigenvalue weighted by atomic mass is 16.2. The van der Waals surface area contributed by atoms with Gasteiger partial charge in [-0.15, -0.1) is 6.42 Å². The van der Waals surface area contributed by atoms with Crippen LogP contribution in [0.1, 0.15) is 12.5 Å². The van der Waals surface area contributed by atoms with E-state index in [4.69, 9.17) is 6.42 Å². The summed E-state index contributed by atoms with van der Waals surface area (Å²) in [6.07, 6.45) is 8.99. The van der Waals surface area contributed by atoms with E-state index in [1.807, 2.05) is 35.0 Å². The van der Waals surface area contributed by atoms with Crippen LogP contribution >= 0.6 is 0 Å². The Morgan fingerprint density at radius 1 is 1.32 bits per heavy atom. The third-order valence-electron chi connectivity index (χ3n) is 3.66. The summed E-state index contributed by atoms with van der Waals surface area (Å²) in [5.74, 6) is 2.31. The number of imide groups is 1. The number of benzene rings is 1. The molecule has 0 spiro atoms. The van der Waals surface area contributed by atoms with Crippen LogP contribution in [0.4, 0.5) is 4.79 Å². The summed E-state index contributed by atoms with van der Waals surface area (Å²) in [4.78, 5) is 25.0. The van der Waals surface area contributed by atoms with Gasteiger partial charge >= 0.3 is 6.03 Å². The van der Waals surface area contributed by atoms with E-state index in [1.165, 1.54) is 4.90 Å². The minimum atomic E-state index is -0.383. The average molecular weight is 293 g/mol. The number of hydrogen-bond acceptors (Lipinski definition) is 2. The van der Waals surface area contributed by atoms with Crippen molar-refractivity contribution in [2.24, 2.45) is 0 Å². The van der Waals surface area contributed by atoms with Crippen LogP contribution in [0.5, 0.6) is 0 Å². The Morgan fingerprint density at radius 2 is 2.09 bits per heavy atom. The fourth-order valence-electron chi connectivity index (χ4n) is 2.63. The molecule has 0 unspecified atom stereocenters. The van der Waals surface area contributed by atoms with E-state index < -0.39 is 0 Å². The molecule has 2 aromatic rings. The molecular formula is C17H15N3O2. The summed E-state index contributed by atoms with van der Waals surface area (Å²) in [6.45, 7) is 2.56. The van der Waals surface area contributed by atoms with Gasteiger partial charge in [-0.05, 0) is 19.1 Å². The SMILES string of the molecule is C#CCn1cc(C=C2NC(=O)N(CC)C2=O)c2ccccc21. The minimum absolute atomic E-state index is 0.287. The normalized spacial score (nSPS) is 16.4. The van der Waals surface area contributed by atoms with Gasteiger partial charge < -0.3 is 9.88 Å². The van der Waals surface area contributed by atoms with E-state index in [-0.39, 0.29) is 17.6 Å². The van der Waals surface area contributed by atoms with Gasteiger partial charge in [0.15, 0.2) is 0 Å². The van der Waals surface area contributed by atoms with Crippen molar-refractivity contribution in [1.29, 1.82) is 0 Å². The molecule has 5 heteroatoms. The zero-order valence-corrected chi connectivity index (χ0v) is 12.2. The Labute approximate surface area is 128 Å². The largest absolute Gasteiger partial charge is 0.335 e. The molecule has 1 aliphatic rings. The lowest BCUT2D eigenvalue weighted by Gasteiger charge is -2.05. The molecule has 22 heavy (non-hydrogen) atoms. The second-order valence-electron chi connectivity index (χ2n) is 4.97. The highest BCUT2D eigenvalue weighted by molar-refractivity contribution is 6.14. The summed E-state index contributed by atoms with van der Waals surface area (Å²) in [5, 5.41) is 3.60. The number of carbonyl (C=O) groups is 2. The molecule has 3 rings (SSSR count). The van der Waals surface area contributed by atoms with Crippen LogP contribution in [-0.4, -0.2) is 28.0 Å². The van der Waals surface area contributed by atoms with Gasteiger partial charge in [0.1, 0.15) is 5.70 Å². The predicted molar refractivity (Wildman–Crippen MR) is 84.7 cm³/mol. The second kappa shape index (κ2) is 5.41. The van der Waals surface area contributed by atoms with E-state index in [0.29, 0.717) is 13.1 Å². The molecule has 1 aromatic carbocycles. The number of nitrogens with zero attached hydrogens (tertiary/aromatic N) is 2. The number of fused-ring (bicyclic) bond motifs is 1. The van der Waals surface area contributed by atoms with Crippen molar-refractivity contribution in [3.05, 3.63) is 41.7 Å². The number of carbonyl (C=O) groups excluding carboxylic acids is 2. The zero-order chi connectivity index (χ0) is 15.7. The molecule has 0 atom stereocenters. The van der Waals surface area contributed by atoms with Crippen molar-refractivity contribution >= 4 is 28.9 Å². The number of amides is 3. The standard InChI is InChI=1S/C17H15N3O2/c1-3-9-19-11-12(13-7-5-6-8-15(13)19)10-14-16(21)20(4-2)17(22)18-14/h1,5-8,10-11H,4,9H2,2H3,(H,18,22). The second-order valence-corrected chi connectivity index (χ2v) is 4.97. The van der Waals surface area contributed by atoms with Crippen LogP contribution in [-0.2, 0) is 11.3 Å². The number of likely N-dealkylation sites (N-methyl/N-ethyl adjacent to an activating group) is 1. The molecule has 0 aliphatic carbocycles. The summed E-state index contributed by atoms with van der Waals surface area (Å²) in [6, 6.07) is 7.42. The van der Waals surface area contributed by atoms with E-state index in [0.717, 1.165) is 16.5 Å². The van der Waals surface area contributed by atoms with Gasteiger partial charge in [0.05, 0.1) is 6.54 Å². The van der Waals surface area contributed by atoms with Crippen molar-refractivity contribution in [1.82, 2.24) is 14.8 Å². The molecule has 0 saturated carbocycles. The number of nitrogens with one attached hydrogen (secondary N) is 1. The van der Waals surface area contributed by atoms with Crippen molar-refractivity contribution in [3.63, 3.8) is 0 Å². The highest BCUT2D eigenvalue weighted by Gasteiger charge is 2.32. The van der Waals surface area contributed by atoms with E-state index in [9.17, 15) is 9.59 Å². The van der Waals surface area contributed by atoms with Crippen molar-refractivity contribution < 1.29 is 9.59 Å². The average Bonchev–Trinajstić information content (AvgIpc) is 2.99. The third kappa shape index (κ3) is 2.15. The highest BCUT2D eigenvalue weighted by Crippen LogP contribution is 2.24. The topological polar surface area (TPSA) is 54.3 Å². The van der Waals surface area contributed by atoms with Crippen LogP contribution in [0.25, 0.3) is 17.0 Å². The molecule has 5 nitrogen and oxygen atoms in total. The molecule has 2 heterocycles. The Kier molecular flexibility index (Phi) is 3.43. The minimum Gasteiger partial charge on any atom is -0.335 e. The third-order valence-corrected chi connectivity index (χ3v) is 3.66. The number of terminal acetylenes is 1. The lowest BCUT2D eigenvalue weighted by molar-refractivity contribution is -0.122. The van der Waals surface area contributed by atoms with Gasteiger partial charge in [-0.1, -0.05) is 24.1 Å². The van der Waals surface area contributed by atoms with Gasteiger partial charge in [0.2, 0.25) is 0 Å². The van der Waals surface area contributed by atoms with E-state index >= 15 is 0 Å². The Balaban J connectivity index is 2.08. The Morgan fingerprint density at radius 3 is 2.77 bits per heavy atom. The first-order valence-corrected chi connectivity index (χ1v) is 7.01. The van der Waals surface area contributed by atoms with Gasteiger partial charge in [-0.3, -0.25) is 9.69 Å². The lowest BCUT2D eigenvalue weighted by Crippen LogP contribution is -2.30. The van der Waals surface area contributed by atoms with Crippen molar-refractivity contribution in [3.8, 4) is 12.3 Å². The quantitative estimate of drug-likeness (QED) is 0.536. The first kappa shape index (κ1) is 14.0. The van der Waals surface area contributed by atoms with E-state index in [1.54, 1.807) is 13.0 Å². The van der Waals surface area contributed by atoms with Crippen LogP contribution in [0.2, 0.25) is 0 Å². The Hall–Kier alpha value is -3.00. The molecule has 1 N–H and O–H groups in total. The maximum absolute atomic E-state index is 12.2. The van der Waals surface area contributed by atoms with Crippen LogP contribution < -0.4 is 5.32 Å². The van der Waals surface area contributed by atoms with Gasteiger partial charge in [0, 0.05) is 29.2 Å². The summed E-state index contributed by atoms with van der Waals surface area (Å²) >= 11 is 0. The number of aromatic nitrogens is 1. The summed E-state index contributed by atoms with van der Waals surface area (Å²) in [5.41, 5.74) is 2.14. The number of hydrogen-bond donors (Lipinski definition) is 1. The first-order chi connectivity index (χ1) is 10.7. The maximum atomic E-state index is 12.2. The van der Waals surface area contributed by atoms with Crippen LogP contribution in [0.15, 0.2) is 36.2 Å². The zero-order valence-electron chi connectivity index (χ0n) is 12.2. The summed E-state index contributed by atoms with van der Waals surface area (Å²) < 4.78 is 1.95. The molecule has 0 radical (unpaired) electrons. The van der Waals surface area contributed by atoms with Crippen molar-refractivity contribution in [2.75, 3.05) is 6.54 Å². The predicted octanol–water partition coefficient (Wildman–Crippen LogP) is 2.19. The first-order valence-electron chi connectivity index (χ1n) is 7.01. The molecule has 1 saturated heterocycles. The molecular weight excluding hydrogens is 278 g/mol. The molecule has 1 aliphatic heterocycles. The van der Waals surface area contributed by atoms with E-state index in [2.05, 4.69) is 11.2 Å². The molecule has 0 bridgehead atoms.